The summed E-state index contributed by atoms with van der Waals surface area (Å²) < 4.78 is 11.7. The van der Waals surface area contributed by atoms with Crippen LogP contribution in [0, 0.1) is 14.9 Å². The second-order valence-corrected chi connectivity index (χ2v) is 8.12. The molecule has 0 atom stereocenters. The Balaban J connectivity index is 1.79. The van der Waals surface area contributed by atoms with Gasteiger partial charge in [-0.1, -0.05) is 23.7 Å². The van der Waals surface area contributed by atoms with Crippen molar-refractivity contribution in [2.24, 2.45) is 0 Å². The van der Waals surface area contributed by atoms with Crippen molar-refractivity contribution in [1.82, 2.24) is 0 Å². The maximum absolute atomic E-state index is 12.5. The first-order valence-electron chi connectivity index (χ1n) is 9.24. The topological polar surface area (TPSA) is 88.4 Å². The Morgan fingerprint density at radius 1 is 1.06 bits per heavy atom. The lowest BCUT2D eigenvalue weighted by Gasteiger charge is -2.10. The van der Waals surface area contributed by atoms with Gasteiger partial charge in [-0.15, -0.1) is 0 Å². The molecule has 0 heterocycles. The molecule has 32 heavy (non-hydrogen) atoms. The number of amides is 1. The number of ether oxygens (including phenoxy) is 2. The zero-order valence-corrected chi connectivity index (χ0v) is 19.7. The molecular weight excluding hydrogens is 543 g/mol. The molecule has 0 aliphatic carbocycles. The minimum absolute atomic E-state index is 0.0863. The molecule has 0 unspecified atom stereocenters. The highest BCUT2D eigenvalue weighted by Crippen LogP contribution is 2.30. The molecule has 0 radical (unpaired) electrons. The van der Waals surface area contributed by atoms with Gasteiger partial charge in [0.2, 0.25) is 0 Å². The van der Waals surface area contributed by atoms with Gasteiger partial charge in [-0.05, 0) is 88.8 Å². The minimum atomic E-state index is -0.571. The molecule has 0 aliphatic rings. The number of carbonyl (C=O) groups excluding carboxylic acids is 2. The van der Waals surface area contributed by atoms with Gasteiger partial charge in [0.15, 0.2) is 11.5 Å². The van der Waals surface area contributed by atoms with Crippen LogP contribution >= 0.6 is 34.2 Å². The average molecular weight is 559 g/mol. The smallest absolute Gasteiger partial charge is 0.343 e. The van der Waals surface area contributed by atoms with Crippen LogP contribution in [0.1, 0.15) is 15.9 Å². The first-order valence-corrected chi connectivity index (χ1v) is 10.7. The number of carbonyl (C=O) groups is 2. The molecule has 0 aliphatic heterocycles. The summed E-state index contributed by atoms with van der Waals surface area (Å²) in [5.41, 5.74) is 1.36. The largest absolute Gasteiger partial charge is 0.493 e. The van der Waals surface area contributed by atoms with Gasteiger partial charge >= 0.3 is 5.97 Å². The molecular formula is C24H16ClIN2O4. The summed E-state index contributed by atoms with van der Waals surface area (Å²) in [5, 5.41) is 12.7. The molecule has 1 N–H and O–H groups in total. The Kier molecular flexibility index (Phi) is 7.87. The molecule has 0 saturated heterocycles. The van der Waals surface area contributed by atoms with Crippen molar-refractivity contribution in [3.05, 3.63) is 92.0 Å². The molecule has 0 fully saturated rings. The van der Waals surface area contributed by atoms with Crippen molar-refractivity contribution in [1.29, 1.82) is 5.26 Å². The Hall–Kier alpha value is -3.35. The Morgan fingerprint density at radius 3 is 2.47 bits per heavy atom. The molecule has 6 nitrogen and oxygen atoms in total. The van der Waals surface area contributed by atoms with E-state index in [1.54, 1.807) is 48.5 Å². The summed E-state index contributed by atoms with van der Waals surface area (Å²) in [4.78, 5) is 24.9. The summed E-state index contributed by atoms with van der Waals surface area (Å²) in [6.45, 7) is 0. The lowest BCUT2D eigenvalue weighted by atomic mass is 10.1. The molecule has 8 heteroatoms. The van der Waals surface area contributed by atoms with Crippen LogP contribution in [0.5, 0.6) is 11.5 Å². The molecule has 3 aromatic carbocycles. The Morgan fingerprint density at radius 2 is 1.81 bits per heavy atom. The molecule has 3 aromatic rings. The number of nitrogens with zero attached hydrogens (tertiary/aromatic N) is 1. The molecule has 0 aromatic heterocycles. The van der Waals surface area contributed by atoms with Crippen molar-refractivity contribution < 1.29 is 19.1 Å². The number of benzene rings is 3. The van der Waals surface area contributed by atoms with E-state index in [-0.39, 0.29) is 17.1 Å². The number of hydrogen-bond donors (Lipinski definition) is 1. The van der Waals surface area contributed by atoms with Gasteiger partial charge in [-0.25, -0.2) is 4.79 Å². The van der Waals surface area contributed by atoms with Crippen molar-refractivity contribution in [2.45, 2.75) is 0 Å². The highest BCUT2D eigenvalue weighted by Gasteiger charge is 2.14. The molecule has 3 rings (SSSR count). The van der Waals surface area contributed by atoms with Gasteiger partial charge in [0.1, 0.15) is 11.6 Å². The second kappa shape index (κ2) is 10.8. The fourth-order valence-electron chi connectivity index (χ4n) is 2.68. The summed E-state index contributed by atoms with van der Waals surface area (Å²) >= 11 is 7.98. The zero-order chi connectivity index (χ0) is 23.1. The van der Waals surface area contributed by atoms with Gasteiger partial charge in [-0.2, -0.15) is 5.26 Å². The SMILES string of the molecule is COc1cc(/C=C(\C#N)C(=O)Nc2cccc(I)c2)ccc1OC(=O)c1ccc(Cl)cc1. The second-order valence-electron chi connectivity index (χ2n) is 6.44. The van der Waals surface area contributed by atoms with E-state index in [0.29, 0.717) is 21.8 Å². The van der Waals surface area contributed by atoms with Crippen LogP contribution in [0.3, 0.4) is 0 Å². The monoisotopic (exact) mass is 558 g/mol. The van der Waals surface area contributed by atoms with E-state index in [1.165, 1.54) is 19.3 Å². The molecule has 0 spiro atoms. The standard InChI is InChI=1S/C24H16ClIN2O4/c1-31-22-12-15(5-10-21(22)32-24(30)16-6-8-18(25)9-7-16)11-17(14-27)23(29)28-20-4-2-3-19(26)13-20/h2-13H,1H3,(H,28,29)/b17-11+. The van der Waals surface area contributed by atoms with E-state index < -0.39 is 11.9 Å². The highest BCUT2D eigenvalue weighted by atomic mass is 127. The number of esters is 1. The predicted octanol–water partition coefficient (Wildman–Crippen LogP) is 5.72. The summed E-state index contributed by atoms with van der Waals surface area (Å²) in [7, 11) is 1.43. The summed E-state index contributed by atoms with van der Waals surface area (Å²) in [6.07, 6.45) is 1.43. The fraction of sp³-hybridized carbons (Fsp3) is 0.0417. The van der Waals surface area contributed by atoms with Crippen molar-refractivity contribution >= 4 is 57.8 Å². The third-order valence-corrected chi connectivity index (χ3v) is 5.15. The van der Waals surface area contributed by atoms with Crippen LogP contribution < -0.4 is 14.8 Å². The van der Waals surface area contributed by atoms with Crippen LogP contribution in [-0.4, -0.2) is 19.0 Å². The minimum Gasteiger partial charge on any atom is -0.493 e. The van der Waals surface area contributed by atoms with Gasteiger partial charge in [0, 0.05) is 14.3 Å². The predicted molar refractivity (Wildman–Crippen MR) is 131 cm³/mol. The van der Waals surface area contributed by atoms with Crippen molar-refractivity contribution in [2.75, 3.05) is 12.4 Å². The van der Waals surface area contributed by atoms with Crippen molar-refractivity contribution in [3.8, 4) is 17.6 Å². The maximum Gasteiger partial charge on any atom is 0.343 e. The first kappa shape index (κ1) is 23.3. The normalized spacial score (nSPS) is 10.8. The highest BCUT2D eigenvalue weighted by molar-refractivity contribution is 14.1. The van der Waals surface area contributed by atoms with Crippen LogP contribution in [0.15, 0.2) is 72.3 Å². The number of methoxy groups -OCH3 is 1. The lowest BCUT2D eigenvalue weighted by molar-refractivity contribution is -0.112. The van der Waals surface area contributed by atoms with Gasteiger partial charge in [0.05, 0.1) is 12.7 Å². The first-order chi connectivity index (χ1) is 15.4. The van der Waals surface area contributed by atoms with E-state index in [1.807, 2.05) is 18.2 Å². The summed E-state index contributed by atoms with van der Waals surface area (Å²) in [6, 6.07) is 20.1. The van der Waals surface area contributed by atoms with E-state index in [2.05, 4.69) is 27.9 Å². The average Bonchev–Trinajstić information content (AvgIpc) is 2.78. The van der Waals surface area contributed by atoms with Gasteiger partial charge < -0.3 is 14.8 Å². The number of anilines is 1. The number of nitriles is 1. The molecule has 1 amide bonds. The number of nitrogens with one attached hydrogen (secondary N) is 1. The third kappa shape index (κ3) is 6.09. The number of halogens is 2. The maximum atomic E-state index is 12.5. The van der Waals surface area contributed by atoms with E-state index >= 15 is 0 Å². The van der Waals surface area contributed by atoms with E-state index in [0.717, 1.165) is 3.57 Å². The van der Waals surface area contributed by atoms with Crippen LogP contribution in [0.25, 0.3) is 6.08 Å². The Bertz CT molecular complexity index is 1230. The number of hydrogen-bond acceptors (Lipinski definition) is 5. The van der Waals surface area contributed by atoms with Crippen molar-refractivity contribution in [3.63, 3.8) is 0 Å². The fourth-order valence-corrected chi connectivity index (χ4v) is 3.35. The molecule has 0 bridgehead atoms. The Labute approximate surface area is 203 Å². The lowest BCUT2D eigenvalue weighted by Crippen LogP contribution is -2.13. The molecule has 0 saturated carbocycles. The number of rotatable bonds is 6. The van der Waals surface area contributed by atoms with Gasteiger partial charge in [0.25, 0.3) is 5.91 Å². The van der Waals surface area contributed by atoms with E-state index in [4.69, 9.17) is 21.1 Å². The van der Waals surface area contributed by atoms with Crippen LogP contribution in [-0.2, 0) is 4.79 Å². The summed E-state index contributed by atoms with van der Waals surface area (Å²) in [5.74, 6) is -0.632. The molecule has 160 valence electrons. The van der Waals surface area contributed by atoms with Gasteiger partial charge in [-0.3, -0.25) is 4.79 Å². The van der Waals surface area contributed by atoms with Crippen LogP contribution in [0.2, 0.25) is 5.02 Å². The van der Waals surface area contributed by atoms with E-state index in [9.17, 15) is 14.9 Å². The van der Waals surface area contributed by atoms with Crippen LogP contribution in [0.4, 0.5) is 5.69 Å². The quantitative estimate of drug-likeness (QED) is 0.137. The zero-order valence-electron chi connectivity index (χ0n) is 16.8. The third-order valence-electron chi connectivity index (χ3n) is 4.23.